The fourth-order valence-corrected chi connectivity index (χ4v) is 4.77. The van der Waals surface area contributed by atoms with E-state index < -0.39 is 0 Å². The van der Waals surface area contributed by atoms with Crippen LogP contribution in [0, 0.1) is 6.92 Å². The molecule has 0 radical (unpaired) electrons. The predicted octanol–water partition coefficient (Wildman–Crippen LogP) is 5.23. The number of halogens is 1. The number of hydrogen-bond acceptors (Lipinski definition) is 2. The van der Waals surface area contributed by atoms with Crippen molar-refractivity contribution in [2.24, 2.45) is 0 Å². The van der Waals surface area contributed by atoms with Crippen molar-refractivity contribution in [1.29, 1.82) is 0 Å². The molecular formula is C18H28ClNS. The van der Waals surface area contributed by atoms with Crippen LogP contribution in [0.5, 0.6) is 0 Å². The first-order chi connectivity index (χ1) is 10.2. The lowest BCUT2D eigenvalue weighted by Crippen LogP contribution is -2.34. The predicted molar refractivity (Wildman–Crippen MR) is 96.7 cm³/mol. The molecule has 118 valence electrons. The van der Waals surface area contributed by atoms with E-state index in [1.807, 2.05) is 0 Å². The van der Waals surface area contributed by atoms with Crippen molar-refractivity contribution in [3.05, 3.63) is 34.3 Å². The molecule has 1 N–H and O–H groups in total. The molecule has 1 aromatic rings. The number of nitrogens with one attached hydrogen (secondary N) is 1. The number of thioether (sulfide) groups is 1. The maximum Gasteiger partial charge on any atom is 0.0441 e. The first-order valence-electron chi connectivity index (χ1n) is 8.29. The van der Waals surface area contributed by atoms with Gasteiger partial charge in [0.25, 0.3) is 0 Å². The zero-order valence-corrected chi connectivity index (χ0v) is 14.9. The molecular weight excluding hydrogens is 298 g/mol. The standard InChI is InChI=1S/C18H28ClNS/c1-3-20-16(13-21-17-7-5-4-6-8-17)12-15-10-9-14(2)11-18(15)19/h9-11,16-17,20H,3-8,12-13H2,1-2H3. The van der Waals surface area contributed by atoms with Gasteiger partial charge in [0.15, 0.2) is 0 Å². The lowest BCUT2D eigenvalue weighted by molar-refractivity contribution is 0.513. The molecule has 0 amide bonds. The van der Waals surface area contributed by atoms with Gasteiger partial charge in [-0.3, -0.25) is 0 Å². The van der Waals surface area contributed by atoms with Gasteiger partial charge in [0, 0.05) is 22.1 Å². The van der Waals surface area contributed by atoms with Crippen LogP contribution in [0.2, 0.25) is 5.02 Å². The van der Waals surface area contributed by atoms with Crippen molar-refractivity contribution in [2.45, 2.75) is 63.7 Å². The Labute approximate surface area is 139 Å². The summed E-state index contributed by atoms with van der Waals surface area (Å²) in [5, 5.41) is 5.43. The van der Waals surface area contributed by atoms with E-state index in [1.54, 1.807) is 0 Å². The summed E-state index contributed by atoms with van der Waals surface area (Å²) in [6, 6.07) is 6.96. The Morgan fingerprint density at radius 3 is 2.71 bits per heavy atom. The lowest BCUT2D eigenvalue weighted by Gasteiger charge is -2.24. The summed E-state index contributed by atoms with van der Waals surface area (Å²) in [6.07, 6.45) is 8.14. The Kier molecular flexibility index (Phi) is 7.42. The fraction of sp³-hybridized carbons (Fsp3) is 0.667. The smallest absolute Gasteiger partial charge is 0.0441 e. The van der Waals surface area contributed by atoms with Crippen LogP contribution in [0.15, 0.2) is 18.2 Å². The Balaban J connectivity index is 1.88. The highest BCUT2D eigenvalue weighted by Crippen LogP contribution is 2.29. The summed E-state index contributed by atoms with van der Waals surface area (Å²) in [6.45, 7) is 5.31. The van der Waals surface area contributed by atoms with Crippen molar-refractivity contribution in [1.82, 2.24) is 5.32 Å². The summed E-state index contributed by atoms with van der Waals surface area (Å²) in [5.74, 6) is 1.20. The minimum absolute atomic E-state index is 0.530. The second-order valence-electron chi connectivity index (χ2n) is 6.15. The zero-order chi connectivity index (χ0) is 15.1. The van der Waals surface area contributed by atoms with E-state index in [0.717, 1.165) is 23.2 Å². The maximum absolute atomic E-state index is 6.39. The minimum Gasteiger partial charge on any atom is -0.313 e. The molecule has 1 aromatic carbocycles. The molecule has 0 heterocycles. The third-order valence-electron chi connectivity index (χ3n) is 4.25. The quantitative estimate of drug-likeness (QED) is 0.736. The molecule has 1 fully saturated rings. The largest absolute Gasteiger partial charge is 0.313 e. The number of hydrogen-bond donors (Lipinski definition) is 1. The Morgan fingerprint density at radius 1 is 1.29 bits per heavy atom. The second-order valence-corrected chi connectivity index (χ2v) is 7.89. The average Bonchev–Trinajstić information content (AvgIpc) is 2.49. The van der Waals surface area contributed by atoms with Gasteiger partial charge in [0.05, 0.1) is 0 Å². The summed E-state index contributed by atoms with van der Waals surface area (Å²) >= 11 is 8.56. The van der Waals surface area contributed by atoms with E-state index >= 15 is 0 Å². The molecule has 1 saturated carbocycles. The van der Waals surface area contributed by atoms with Crippen LogP contribution in [0.25, 0.3) is 0 Å². The molecule has 0 saturated heterocycles. The normalized spacial score (nSPS) is 17.9. The average molecular weight is 326 g/mol. The molecule has 1 aliphatic rings. The lowest BCUT2D eigenvalue weighted by atomic mass is 10.0. The Morgan fingerprint density at radius 2 is 2.05 bits per heavy atom. The van der Waals surface area contributed by atoms with Gasteiger partial charge in [0.2, 0.25) is 0 Å². The molecule has 1 nitrogen and oxygen atoms in total. The molecule has 1 aliphatic carbocycles. The summed E-state index contributed by atoms with van der Waals surface area (Å²) in [4.78, 5) is 0. The van der Waals surface area contributed by atoms with Crippen LogP contribution < -0.4 is 5.32 Å². The van der Waals surface area contributed by atoms with Gasteiger partial charge >= 0.3 is 0 Å². The summed E-state index contributed by atoms with van der Waals surface area (Å²) < 4.78 is 0. The van der Waals surface area contributed by atoms with Gasteiger partial charge in [-0.15, -0.1) is 0 Å². The molecule has 1 atom stereocenters. The van der Waals surface area contributed by atoms with Crippen molar-refractivity contribution in [3.63, 3.8) is 0 Å². The third kappa shape index (κ3) is 5.84. The second kappa shape index (κ2) is 9.07. The fourth-order valence-electron chi connectivity index (χ4n) is 3.05. The maximum atomic E-state index is 6.39. The highest BCUT2D eigenvalue weighted by atomic mass is 35.5. The monoisotopic (exact) mass is 325 g/mol. The van der Waals surface area contributed by atoms with Crippen LogP contribution >= 0.6 is 23.4 Å². The number of likely N-dealkylation sites (N-methyl/N-ethyl adjacent to an activating group) is 1. The van der Waals surface area contributed by atoms with E-state index in [0.29, 0.717) is 6.04 Å². The van der Waals surface area contributed by atoms with Gasteiger partial charge in [-0.1, -0.05) is 49.9 Å². The van der Waals surface area contributed by atoms with Crippen LogP contribution in [0.1, 0.15) is 50.2 Å². The number of benzene rings is 1. The summed E-state index contributed by atoms with van der Waals surface area (Å²) in [5.41, 5.74) is 2.51. The van der Waals surface area contributed by atoms with Crippen molar-refractivity contribution in [3.8, 4) is 0 Å². The molecule has 3 heteroatoms. The third-order valence-corrected chi connectivity index (χ3v) is 6.14. The molecule has 21 heavy (non-hydrogen) atoms. The van der Waals surface area contributed by atoms with Gasteiger partial charge < -0.3 is 5.32 Å². The van der Waals surface area contributed by atoms with Crippen molar-refractivity contribution in [2.75, 3.05) is 12.3 Å². The molecule has 0 aromatic heterocycles. The van der Waals surface area contributed by atoms with E-state index in [4.69, 9.17) is 11.6 Å². The van der Waals surface area contributed by atoms with Crippen LogP contribution in [0.4, 0.5) is 0 Å². The van der Waals surface area contributed by atoms with E-state index in [2.05, 4.69) is 49.1 Å². The molecule has 1 unspecified atom stereocenters. The summed E-state index contributed by atoms with van der Waals surface area (Å²) in [7, 11) is 0. The van der Waals surface area contributed by atoms with Crippen LogP contribution in [0.3, 0.4) is 0 Å². The van der Waals surface area contributed by atoms with Gasteiger partial charge in [-0.05, 0) is 49.9 Å². The first-order valence-corrected chi connectivity index (χ1v) is 9.71. The highest BCUT2D eigenvalue weighted by Gasteiger charge is 2.17. The van der Waals surface area contributed by atoms with Gasteiger partial charge in [-0.2, -0.15) is 11.8 Å². The topological polar surface area (TPSA) is 12.0 Å². The van der Waals surface area contributed by atoms with Crippen molar-refractivity contribution >= 4 is 23.4 Å². The highest BCUT2D eigenvalue weighted by molar-refractivity contribution is 7.99. The van der Waals surface area contributed by atoms with Crippen LogP contribution in [-0.4, -0.2) is 23.6 Å². The van der Waals surface area contributed by atoms with Gasteiger partial charge in [0.1, 0.15) is 0 Å². The number of rotatable bonds is 7. The molecule has 0 bridgehead atoms. The Bertz CT molecular complexity index is 429. The van der Waals surface area contributed by atoms with E-state index in [1.165, 1.54) is 49.0 Å². The first kappa shape index (κ1) is 17.2. The SMILES string of the molecule is CCNC(CSC1CCCCC1)Cc1ccc(C)cc1Cl. The zero-order valence-electron chi connectivity index (χ0n) is 13.3. The molecule has 0 aliphatic heterocycles. The van der Waals surface area contributed by atoms with Gasteiger partial charge in [-0.25, -0.2) is 0 Å². The molecule has 2 rings (SSSR count). The van der Waals surface area contributed by atoms with E-state index in [9.17, 15) is 0 Å². The molecule has 0 spiro atoms. The number of aryl methyl sites for hydroxylation is 1. The Hall–Kier alpha value is -0.180. The minimum atomic E-state index is 0.530. The van der Waals surface area contributed by atoms with E-state index in [-0.39, 0.29) is 0 Å². The van der Waals surface area contributed by atoms with Crippen molar-refractivity contribution < 1.29 is 0 Å². The van der Waals surface area contributed by atoms with Crippen LogP contribution in [-0.2, 0) is 6.42 Å².